The Balaban J connectivity index is 0.00000289. The summed E-state index contributed by atoms with van der Waals surface area (Å²) in [6.07, 6.45) is 0.617. The zero-order chi connectivity index (χ0) is 13.1. The molecule has 0 heterocycles. The lowest BCUT2D eigenvalue weighted by Crippen LogP contribution is -2.29. The Morgan fingerprint density at radius 1 is 1.44 bits per heavy atom. The molecule has 0 aliphatic heterocycles. The van der Waals surface area contributed by atoms with Gasteiger partial charge in [-0.15, -0.1) is 12.4 Å². The quantitative estimate of drug-likeness (QED) is 0.848. The number of benzene rings is 1. The molecule has 1 aromatic rings. The molecular formula is C11H18BrClN2O2S. The largest absolute Gasteiger partial charge is 0.328 e. The summed E-state index contributed by atoms with van der Waals surface area (Å²) >= 11 is 3.32. The molecule has 18 heavy (non-hydrogen) atoms. The van der Waals surface area contributed by atoms with Crippen molar-refractivity contribution in [2.45, 2.75) is 31.2 Å². The van der Waals surface area contributed by atoms with Gasteiger partial charge in [0.05, 0.1) is 4.90 Å². The first-order valence-electron chi connectivity index (χ1n) is 5.35. The van der Waals surface area contributed by atoms with E-state index < -0.39 is 10.0 Å². The van der Waals surface area contributed by atoms with Crippen LogP contribution in [0.5, 0.6) is 0 Å². The van der Waals surface area contributed by atoms with Crippen molar-refractivity contribution >= 4 is 38.4 Å². The van der Waals surface area contributed by atoms with Gasteiger partial charge in [-0.3, -0.25) is 0 Å². The number of nitrogens with two attached hydrogens (primary N) is 1. The first-order valence-corrected chi connectivity index (χ1v) is 7.62. The minimum Gasteiger partial charge on any atom is -0.328 e. The molecule has 0 spiro atoms. The van der Waals surface area contributed by atoms with Gasteiger partial charge in [-0.1, -0.05) is 22.0 Å². The Kier molecular flexibility index (Phi) is 7.39. The molecular weight excluding hydrogens is 340 g/mol. The minimum atomic E-state index is -3.44. The summed E-state index contributed by atoms with van der Waals surface area (Å²) in [6, 6.07) is 5.10. The Hall–Kier alpha value is -0.140. The molecule has 0 fully saturated rings. The second-order valence-corrected chi connectivity index (χ2v) is 6.62. The highest BCUT2D eigenvalue weighted by atomic mass is 79.9. The lowest BCUT2D eigenvalue weighted by Gasteiger charge is -2.11. The summed E-state index contributed by atoms with van der Waals surface area (Å²) in [4.78, 5) is 0.302. The molecule has 0 aromatic heterocycles. The fourth-order valence-electron chi connectivity index (χ4n) is 1.38. The van der Waals surface area contributed by atoms with E-state index in [-0.39, 0.29) is 18.4 Å². The van der Waals surface area contributed by atoms with Crippen LogP contribution in [-0.2, 0) is 10.0 Å². The summed E-state index contributed by atoms with van der Waals surface area (Å²) in [5.74, 6) is 0. The van der Waals surface area contributed by atoms with Crippen LogP contribution in [0.3, 0.4) is 0 Å². The molecule has 0 radical (unpaired) electrons. The van der Waals surface area contributed by atoms with Crippen LogP contribution in [0.15, 0.2) is 27.6 Å². The first kappa shape index (κ1) is 17.9. The number of halogens is 2. The standard InChI is InChI=1S/C11H17BrN2O2S.ClH/c1-8(13)6-7-14-17(15,16)11-5-3-4-10(12)9(11)2;/h3-5,8,14H,6-7,13H2,1-2H3;1H. The molecule has 0 saturated carbocycles. The van der Waals surface area contributed by atoms with Crippen molar-refractivity contribution in [3.8, 4) is 0 Å². The molecule has 104 valence electrons. The second kappa shape index (κ2) is 7.45. The van der Waals surface area contributed by atoms with Crippen LogP contribution in [0.1, 0.15) is 18.9 Å². The van der Waals surface area contributed by atoms with Crippen LogP contribution in [0, 0.1) is 6.92 Å². The summed E-state index contributed by atoms with van der Waals surface area (Å²) < 4.78 is 27.4. The topological polar surface area (TPSA) is 72.2 Å². The van der Waals surface area contributed by atoms with Gasteiger partial charge in [-0.2, -0.15) is 0 Å². The highest BCUT2D eigenvalue weighted by Crippen LogP contribution is 2.22. The van der Waals surface area contributed by atoms with Crippen molar-refractivity contribution in [3.63, 3.8) is 0 Å². The Bertz CT molecular complexity index is 492. The molecule has 0 saturated heterocycles. The molecule has 0 amide bonds. The summed E-state index contributed by atoms with van der Waals surface area (Å²) in [7, 11) is -3.44. The number of rotatable bonds is 5. The third kappa shape index (κ3) is 4.85. The van der Waals surface area contributed by atoms with Crippen LogP contribution < -0.4 is 10.5 Å². The Morgan fingerprint density at radius 3 is 2.61 bits per heavy atom. The third-order valence-corrected chi connectivity index (χ3v) is 4.86. The lowest BCUT2D eigenvalue weighted by molar-refractivity contribution is 0.571. The Morgan fingerprint density at radius 2 is 2.06 bits per heavy atom. The van der Waals surface area contributed by atoms with Gasteiger partial charge in [-0.25, -0.2) is 13.1 Å². The lowest BCUT2D eigenvalue weighted by atomic mass is 10.2. The summed E-state index contributed by atoms with van der Waals surface area (Å²) in [5, 5.41) is 0. The molecule has 1 atom stereocenters. The number of hydrogen-bond acceptors (Lipinski definition) is 3. The zero-order valence-corrected chi connectivity index (χ0v) is 13.5. The maximum absolute atomic E-state index is 12.0. The predicted molar refractivity (Wildman–Crippen MR) is 79.6 cm³/mol. The highest BCUT2D eigenvalue weighted by Gasteiger charge is 2.17. The first-order chi connectivity index (χ1) is 7.84. The van der Waals surface area contributed by atoms with E-state index in [1.54, 1.807) is 19.1 Å². The van der Waals surface area contributed by atoms with Gasteiger partial charge in [0.25, 0.3) is 0 Å². The predicted octanol–water partition coefficient (Wildman–Crippen LogP) is 2.19. The van der Waals surface area contributed by atoms with Crippen LogP contribution >= 0.6 is 28.3 Å². The summed E-state index contributed by atoms with van der Waals surface area (Å²) in [6.45, 7) is 3.97. The van der Waals surface area contributed by atoms with Crippen LogP contribution in [0.25, 0.3) is 0 Å². The molecule has 0 bridgehead atoms. The normalized spacial score (nSPS) is 12.9. The fourth-order valence-corrected chi connectivity index (χ4v) is 3.19. The van der Waals surface area contributed by atoms with Gasteiger partial charge in [0, 0.05) is 17.1 Å². The Labute approximate surface area is 123 Å². The van der Waals surface area contributed by atoms with Gasteiger partial charge in [-0.05, 0) is 38.0 Å². The van der Waals surface area contributed by atoms with E-state index in [2.05, 4.69) is 20.7 Å². The average molecular weight is 358 g/mol. The van der Waals surface area contributed by atoms with E-state index >= 15 is 0 Å². The average Bonchev–Trinajstić information content (AvgIpc) is 2.21. The number of nitrogens with one attached hydrogen (secondary N) is 1. The van der Waals surface area contributed by atoms with Crippen LogP contribution in [0.4, 0.5) is 0 Å². The van der Waals surface area contributed by atoms with Gasteiger partial charge in [0.1, 0.15) is 0 Å². The fraction of sp³-hybridized carbons (Fsp3) is 0.455. The van der Waals surface area contributed by atoms with Crippen molar-refractivity contribution in [3.05, 3.63) is 28.2 Å². The van der Waals surface area contributed by atoms with Crippen LogP contribution in [-0.4, -0.2) is 21.0 Å². The number of sulfonamides is 1. The molecule has 1 rings (SSSR count). The van der Waals surface area contributed by atoms with Crippen molar-refractivity contribution in [2.24, 2.45) is 5.73 Å². The van der Waals surface area contributed by atoms with E-state index in [0.29, 0.717) is 23.4 Å². The molecule has 4 nitrogen and oxygen atoms in total. The van der Waals surface area contributed by atoms with E-state index in [1.807, 2.05) is 13.0 Å². The molecule has 1 unspecified atom stereocenters. The minimum absolute atomic E-state index is 0. The zero-order valence-electron chi connectivity index (χ0n) is 10.3. The van der Waals surface area contributed by atoms with E-state index in [9.17, 15) is 8.42 Å². The van der Waals surface area contributed by atoms with E-state index in [0.717, 1.165) is 4.47 Å². The highest BCUT2D eigenvalue weighted by molar-refractivity contribution is 9.10. The maximum atomic E-state index is 12.0. The van der Waals surface area contributed by atoms with E-state index in [4.69, 9.17) is 5.73 Å². The number of hydrogen-bond donors (Lipinski definition) is 2. The molecule has 3 N–H and O–H groups in total. The van der Waals surface area contributed by atoms with Gasteiger partial charge >= 0.3 is 0 Å². The van der Waals surface area contributed by atoms with Gasteiger partial charge in [0.2, 0.25) is 10.0 Å². The summed E-state index contributed by atoms with van der Waals surface area (Å²) in [5.41, 5.74) is 6.28. The third-order valence-electron chi connectivity index (χ3n) is 2.40. The maximum Gasteiger partial charge on any atom is 0.240 e. The second-order valence-electron chi connectivity index (χ2n) is 4.03. The van der Waals surface area contributed by atoms with Gasteiger partial charge in [0.15, 0.2) is 0 Å². The molecule has 1 aromatic carbocycles. The van der Waals surface area contributed by atoms with Gasteiger partial charge < -0.3 is 5.73 Å². The van der Waals surface area contributed by atoms with Crippen molar-refractivity contribution in [1.29, 1.82) is 0 Å². The molecule has 0 aliphatic carbocycles. The molecule has 0 aliphatic rings. The smallest absolute Gasteiger partial charge is 0.240 e. The van der Waals surface area contributed by atoms with E-state index in [1.165, 1.54) is 0 Å². The van der Waals surface area contributed by atoms with Crippen molar-refractivity contribution < 1.29 is 8.42 Å². The van der Waals surface area contributed by atoms with Crippen molar-refractivity contribution in [2.75, 3.05) is 6.54 Å². The molecule has 7 heteroatoms. The van der Waals surface area contributed by atoms with Crippen LogP contribution in [0.2, 0.25) is 0 Å². The monoisotopic (exact) mass is 356 g/mol. The van der Waals surface area contributed by atoms with Crippen molar-refractivity contribution in [1.82, 2.24) is 4.72 Å². The SMILES string of the molecule is Cc1c(Br)cccc1S(=O)(=O)NCCC(C)N.Cl.